The molecule has 0 atom stereocenters. The summed E-state index contributed by atoms with van der Waals surface area (Å²) >= 11 is 6.00. The zero-order valence-electron chi connectivity index (χ0n) is 12.1. The molecule has 0 saturated heterocycles. The summed E-state index contributed by atoms with van der Waals surface area (Å²) in [7, 11) is 4.77. The van der Waals surface area contributed by atoms with E-state index in [0.717, 1.165) is 11.4 Å². The summed E-state index contributed by atoms with van der Waals surface area (Å²) in [5, 5.41) is 3.82. The number of hydrogen-bond donors (Lipinski definition) is 1. The van der Waals surface area contributed by atoms with E-state index in [-0.39, 0.29) is 0 Å². The Morgan fingerprint density at radius 2 is 1.81 bits per heavy atom. The van der Waals surface area contributed by atoms with Crippen molar-refractivity contribution in [2.45, 2.75) is 6.54 Å². The predicted octanol–water partition coefficient (Wildman–Crippen LogP) is 3.37. The Balaban J connectivity index is 2.16. The molecule has 0 amide bonds. The number of pyridine rings is 1. The highest BCUT2D eigenvalue weighted by molar-refractivity contribution is 6.32. The highest BCUT2D eigenvalue weighted by atomic mass is 35.5. The molecule has 0 aliphatic rings. The lowest BCUT2D eigenvalue weighted by atomic mass is 10.2. The van der Waals surface area contributed by atoms with Gasteiger partial charge in [0.2, 0.25) is 0 Å². The fourth-order valence-electron chi connectivity index (χ4n) is 1.93. The Labute approximate surface area is 128 Å². The number of methoxy groups -OCH3 is 3. The molecular formula is C15H17ClN2O3. The molecule has 1 aromatic heterocycles. The molecular weight excluding hydrogens is 292 g/mol. The molecule has 0 spiro atoms. The molecule has 1 heterocycles. The number of nitrogens with zero attached hydrogens (tertiary/aromatic N) is 1. The largest absolute Gasteiger partial charge is 0.495 e. The summed E-state index contributed by atoms with van der Waals surface area (Å²) < 4.78 is 15.8. The van der Waals surface area contributed by atoms with Crippen LogP contribution in [0, 0.1) is 0 Å². The standard InChI is InChI=1S/C15H17ClN2O3/c1-19-13-6-7-17-12(15(13)21-3)9-18-10-4-5-11(16)14(8-10)20-2/h4-8,18H,9H2,1-3H3. The monoisotopic (exact) mass is 308 g/mol. The van der Waals surface area contributed by atoms with Gasteiger partial charge < -0.3 is 19.5 Å². The summed E-state index contributed by atoms with van der Waals surface area (Å²) in [6, 6.07) is 7.24. The van der Waals surface area contributed by atoms with Crippen molar-refractivity contribution < 1.29 is 14.2 Å². The summed E-state index contributed by atoms with van der Waals surface area (Å²) in [5.41, 5.74) is 1.63. The van der Waals surface area contributed by atoms with E-state index >= 15 is 0 Å². The molecule has 0 aliphatic carbocycles. The van der Waals surface area contributed by atoms with Gasteiger partial charge in [0, 0.05) is 24.0 Å². The highest BCUT2D eigenvalue weighted by Gasteiger charge is 2.11. The van der Waals surface area contributed by atoms with Crippen molar-refractivity contribution in [3.8, 4) is 17.2 Å². The third kappa shape index (κ3) is 3.49. The molecule has 2 aromatic rings. The molecule has 6 heteroatoms. The minimum Gasteiger partial charge on any atom is -0.495 e. The topological polar surface area (TPSA) is 52.6 Å². The minimum absolute atomic E-state index is 0.491. The molecule has 1 N–H and O–H groups in total. The average Bonchev–Trinajstić information content (AvgIpc) is 2.53. The molecule has 0 saturated carbocycles. The summed E-state index contributed by atoms with van der Waals surface area (Å²) in [5.74, 6) is 1.89. The molecule has 0 fully saturated rings. The van der Waals surface area contributed by atoms with Crippen LogP contribution in [0.2, 0.25) is 5.02 Å². The number of anilines is 1. The number of ether oxygens (including phenoxy) is 3. The number of aromatic nitrogens is 1. The summed E-state index contributed by atoms with van der Waals surface area (Å²) in [6.07, 6.45) is 1.68. The van der Waals surface area contributed by atoms with Crippen LogP contribution in [0.5, 0.6) is 17.2 Å². The van der Waals surface area contributed by atoms with Crippen LogP contribution in [0.1, 0.15) is 5.69 Å². The zero-order valence-corrected chi connectivity index (χ0v) is 12.9. The van der Waals surface area contributed by atoms with Gasteiger partial charge in [-0.05, 0) is 12.1 Å². The van der Waals surface area contributed by atoms with Crippen LogP contribution in [-0.2, 0) is 6.54 Å². The van der Waals surface area contributed by atoms with Gasteiger partial charge in [-0.2, -0.15) is 0 Å². The van der Waals surface area contributed by atoms with Gasteiger partial charge in [0.15, 0.2) is 11.5 Å². The van der Waals surface area contributed by atoms with Crippen molar-refractivity contribution in [3.05, 3.63) is 41.2 Å². The van der Waals surface area contributed by atoms with Crippen molar-refractivity contribution in [1.29, 1.82) is 0 Å². The second-order valence-corrected chi connectivity index (χ2v) is 4.60. The van der Waals surface area contributed by atoms with Gasteiger partial charge in [-0.25, -0.2) is 0 Å². The molecule has 2 rings (SSSR count). The second kappa shape index (κ2) is 7.04. The molecule has 5 nitrogen and oxygen atoms in total. The van der Waals surface area contributed by atoms with Crippen molar-refractivity contribution in [2.75, 3.05) is 26.6 Å². The SMILES string of the molecule is COc1cc(NCc2nccc(OC)c2OC)ccc1Cl. The molecule has 21 heavy (non-hydrogen) atoms. The zero-order chi connectivity index (χ0) is 15.2. The lowest BCUT2D eigenvalue weighted by Crippen LogP contribution is -2.05. The molecule has 112 valence electrons. The predicted molar refractivity (Wildman–Crippen MR) is 82.7 cm³/mol. The van der Waals surface area contributed by atoms with Gasteiger partial charge in [0.05, 0.1) is 32.9 Å². The summed E-state index contributed by atoms with van der Waals surface area (Å²) in [6.45, 7) is 0.491. The van der Waals surface area contributed by atoms with Crippen LogP contribution in [0.15, 0.2) is 30.5 Å². The lowest BCUT2D eigenvalue weighted by molar-refractivity contribution is 0.350. The van der Waals surface area contributed by atoms with E-state index in [1.165, 1.54) is 0 Å². The normalized spacial score (nSPS) is 10.1. The first-order valence-electron chi connectivity index (χ1n) is 6.33. The Bertz CT molecular complexity index is 620. The lowest BCUT2D eigenvalue weighted by Gasteiger charge is -2.13. The van der Waals surface area contributed by atoms with Crippen molar-refractivity contribution >= 4 is 17.3 Å². The van der Waals surface area contributed by atoms with Crippen LogP contribution in [-0.4, -0.2) is 26.3 Å². The first kappa shape index (κ1) is 15.3. The Kier molecular flexibility index (Phi) is 5.11. The number of hydrogen-bond acceptors (Lipinski definition) is 5. The minimum atomic E-state index is 0.491. The smallest absolute Gasteiger partial charge is 0.184 e. The quantitative estimate of drug-likeness (QED) is 0.886. The Morgan fingerprint density at radius 1 is 1.05 bits per heavy atom. The number of nitrogens with one attached hydrogen (secondary N) is 1. The first-order valence-corrected chi connectivity index (χ1v) is 6.70. The Morgan fingerprint density at radius 3 is 2.48 bits per heavy atom. The second-order valence-electron chi connectivity index (χ2n) is 4.20. The average molecular weight is 309 g/mol. The van der Waals surface area contributed by atoms with Gasteiger partial charge in [0.25, 0.3) is 0 Å². The van der Waals surface area contributed by atoms with Crippen LogP contribution in [0.25, 0.3) is 0 Å². The van der Waals surface area contributed by atoms with E-state index in [9.17, 15) is 0 Å². The van der Waals surface area contributed by atoms with E-state index in [0.29, 0.717) is 28.8 Å². The van der Waals surface area contributed by atoms with E-state index in [2.05, 4.69) is 10.3 Å². The van der Waals surface area contributed by atoms with Crippen LogP contribution in [0.3, 0.4) is 0 Å². The fraction of sp³-hybridized carbons (Fsp3) is 0.267. The van der Waals surface area contributed by atoms with Gasteiger partial charge in [-0.1, -0.05) is 11.6 Å². The van der Waals surface area contributed by atoms with Crippen molar-refractivity contribution in [2.24, 2.45) is 0 Å². The third-order valence-electron chi connectivity index (χ3n) is 2.98. The maximum Gasteiger partial charge on any atom is 0.184 e. The van der Waals surface area contributed by atoms with E-state index in [4.69, 9.17) is 25.8 Å². The summed E-state index contributed by atoms with van der Waals surface area (Å²) in [4.78, 5) is 4.31. The Hall–Kier alpha value is -2.14. The van der Waals surface area contributed by atoms with Gasteiger partial charge in [-0.3, -0.25) is 4.98 Å². The maximum atomic E-state index is 6.00. The number of benzene rings is 1. The van der Waals surface area contributed by atoms with Crippen molar-refractivity contribution in [1.82, 2.24) is 4.98 Å². The fourth-order valence-corrected chi connectivity index (χ4v) is 2.13. The maximum absolute atomic E-state index is 6.00. The van der Waals surface area contributed by atoms with E-state index in [1.54, 1.807) is 39.7 Å². The molecule has 0 radical (unpaired) electrons. The van der Waals surface area contributed by atoms with Crippen LogP contribution in [0.4, 0.5) is 5.69 Å². The molecule has 1 aromatic carbocycles. The van der Waals surface area contributed by atoms with E-state index < -0.39 is 0 Å². The molecule has 0 aliphatic heterocycles. The first-order chi connectivity index (χ1) is 10.2. The highest BCUT2D eigenvalue weighted by Crippen LogP contribution is 2.31. The van der Waals surface area contributed by atoms with Crippen LogP contribution >= 0.6 is 11.6 Å². The van der Waals surface area contributed by atoms with Gasteiger partial charge in [-0.15, -0.1) is 0 Å². The van der Waals surface area contributed by atoms with Crippen LogP contribution < -0.4 is 19.5 Å². The van der Waals surface area contributed by atoms with Gasteiger partial charge in [0.1, 0.15) is 11.4 Å². The van der Waals surface area contributed by atoms with E-state index in [1.807, 2.05) is 12.1 Å². The van der Waals surface area contributed by atoms with Crippen molar-refractivity contribution in [3.63, 3.8) is 0 Å². The number of halogens is 1. The van der Waals surface area contributed by atoms with Gasteiger partial charge >= 0.3 is 0 Å². The molecule has 0 unspecified atom stereocenters. The third-order valence-corrected chi connectivity index (χ3v) is 3.29. The number of rotatable bonds is 6. The molecule has 0 bridgehead atoms.